The lowest BCUT2D eigenvalue weighted by atomic mass is 9.67. The van der Waals surface area contributed by atoms with E-state index in [0.717, 1.165) is 11.4 Å². The summed E-state index contributed by atoms with van der Waals surface area (Å²) in [7, 11) is 0. The third-order valence-corrected chi connectivity index (χ3v) is 14.8. The van der Waals surface area contributed by atoms with Crippen LogP contribution in [-0.2, 0) is 5.41 Å². The number of hydrogen-bond acceptors (Lipinski definition) is 0. The molecule has 1 aliphatic rings. The van der Waals surface area contributed by atoms with E-state index in [-0.39, 0.29) is 0 Å². The van der Waals surface area contributed by atoms with Crippen molar-refractivity contribution in [1.29, 1.82) is 0 Å². The van der Waals surface area contributed by atoms with Crippen LogP contribution in [0, 0.1) is 0 Å². The monoisotopic (exact) mass is 876 g/mol. The van der Waals surface area contributed by atoms with E-state index in [2.05, 4.69) is 276 Å². The van der Waals surface area contributed by atoms with Crippen LogP contribution in [0.25, 0.3) is 99.5 Å². The summed E-state index contributed by atoms with van der Waals surface area (Å²) in [6.07, 6.45) is 0. The van der Waals surface area contributed by atoms with Crippen LogP contribution in [0.3, 0.4) is 0 Å². The first kappa shape index (κ1) is 39.2. The number of nitrogens with zero attached hydrogens (tertiary/aromatic N) is 2. The highest BCUT2D eigenvalue weighted by molar-refractivity contribution is 6.17. The van der Waals surface area contributed by atoms with E-state index in [1.165, 1.54) is 110 Å². The van der Waals surface area contributed by atoms with Crippen molar-refractivity contribution < 1.29 is 0 Å². The van der Waals surface area contributed by atoms with Crippen LogP contribution in [0.2, 0.25) is 0 Å². The van der Waals surface area contributed by atoms with E-state index in [1.54, 1.807) is 0 Å². The molecule has 0 saturated carbocycles. The Labute approximate surface area is 401 Å². The number of rotatable bonds is 7. The molecule has 0 unspecified atom stereocenters. The summed E-state index contributed by atoms with van der Waals surface area (Å²) >= 11 is 0. The van der Waals surface area contributed by atoms with E-state index in [9.17, 15) is 0 Å². The van der Waals surface area contributed by atoms with Gasteiger partial charge in [-0.2, -0.15) is 0 Å². The highest BCUT2D eigenvalue weighted by Crippen LogP contribution is 2.59. The minimum Gasteiger partial charge on any atom is -0.309 e. The molecule has 1 aliphatic carbocycles. The highest BCUT2D eigenvalue weighted by Gasteiger charge is 2.47. The van der Waals surface area contributed by atoms with Gasteiger partial charge in [-0.3, -0.25) is 0 Å². The predicted octanol–water partition coefficient (Wildman–Crippen LogP) is 17.2. The Morgan fingerprint density at radius 2 is 0.710 bits per heavy atom. The molecule has 0 spiro atoms. The molecule has 0 fully saturated rings. The maximum Gasteiger partial charge on any atom is 0.0720 e. The second-order valence-electron chi connectivity index (χ2n) is 18.4. The Hall–Kier alpha value is -8.98. The smallest absolute Gasteiger partial charge is 0.0720 e. The van der Waals surface area contributed by atoms with Crippen LogP contribution in [0.15, 0.2) is 267 Å². The maximum atomic E-state index is 2.51. The van der Waals surface area contributed by atoms with Crippen LogP contribution in [-0.4, -0.2) is 9.13 Å². The maximum absolute atomic E-state index is 2.51. The topological polar surface area (TPSA) is 9.86 Å². The van der Waals surface area contributed by atoms with E-state index >= 15 is 0 Å². The molecule has 0 radical (unpaired) electrons. The third-order valence-electron chi connectivity index (χ3n) is 14.8. The van der Waals surface area contributed by atoms with Gasteiger partial charge in [-0.25, -0.2) is 0 Å². The van der Waals surface area contributed by atoms with Crippen molar-refractivity contribution >= 4 is 43.6 Å². The highest BCUT2D eigenvalue weighted by atomic mass is 15.0. The molecule has 0 saturated heterocycles. The van der Waals surface area contributed by atoms with Crippen LogP contribution in [0.4, 0.5) is 0 Å². The van der Waals surface area contributed by atoms with E-state index < -0.39 is 5.41 Å². The van der Waals surface area contributed by atoms with Crippen molar-refractivity contribution in [2.75, 3.05) is 0 Å². The van der Waals surface area contributed by atoms with E-state index in [1.807, 2.05) is 0 Å². The zero-order valence-corrected chi connectivity index (χ0v) is 37.8. The van der Waals surface area contributed by atoms with Crippen molar-refractivity contribution in [3.63, 3.8) is 0 Å². The minimum atomic E-state index is -0.576. The largest absolute Gasteiger partial charge is 0.309 e. The Morgan fingerprint density at radius 1 is 0.261 bits per heavy atom. The molecule has 0 bridgehead atoms. The van der Waals surface area contributed by atoms with Gasteiger partial charge in [0.2, 0.25) is 0 Å². The van der Waals surface area contributed by atoms with Crippen LogP contribution in [0.1, 0.15) is 22.3 Å². The fourth-order valence-electron chi connectivity index (χ4n) is 11.8. The molecule has 2 nitrogen and oxygen atoms in total. The number of para-hydroxylation sites is 1. The average molecular weight is 877 g/mol. The molecule has 0 amide bonds. The lowest BCUT2D eigenvalue weighted by Crippen LogP contribution is -2.28. The summed E-state index contributed by atoms with van der Waals surface area (Å²) in [5.74, 6) is 0. The number of hydrogen-bond donors (Lipinski definition) is 0. The van der Waals surface area contributed by atoms with Gasteiger partial charge in [0.15, 0.2) is 0 Å². The first-order valence-electron chi connectivity index (χ1n) is 23.9. The fraction of sp³-hybridized carbons (Fsp3) is 0.0149. The molecule has 2 aromatic heterocycles. The lowest BCUT2D eigenvalue weighted by molar-refractivity contribution is 0.776. The SMILES string of the molecule is c1ccc(-c2cccc(-n3c4ccccc4c4cc(-c5ccc6c(c5)c5c7c(ccc5n6-c5cccc(-c6ccccc6)c5)-c5ccccc5C7(c5ccccc5)c5ccccc5)ccc43)c2)cc1. The average Bonchev–Trinajstić information content (AvgIpc) is 4.06. The summed E-state index contributed by atoms with van der Waals surface area (Å²) in [6.45, 7) is 0. The molecule has 69 heavy (non-hydrogen) atoms. The predicted molar refractivity (Wildman–Crippen MR) is 289 cm³/mol. The van der Waals surface area contributed by atoms with Crippen molar-refractivity contribution in [3.8, 4) is 55.9 Å². The van der Waals surface area contributed by atoms with Gasteiger partial charge in [-0.1, -0.05) is 206 Å². The van der Waals surface area contributed by atoms with Crippen LogP contribution >= 0.6 is 0 Å². The van der Waals surface area contributed by atoms with Crippen molar-refractivity contribution in [2.24, 2.45) is 0 Å². The summed E-state index contributed by atoms with van der Waals surface area (Å²) in [6, 6.07) is 98.7. The quantitative estimate of drug-likeness (QED) is 0.151. The number of benzene rings is 11. The van der Waals surface area contributed by atoms with Crippen molar-refractivity contribution in [3.05, 3.63) is 289 Å². The molecular weight excluding hydrogens is 833 g/mol. The van der Waals surface area contributed by atoms with Crippen molar-refractivity contribution in [2.45, 2.75) is 5.41 Å². The Morgan fingerprint density at radius 3 is 1.33 bits per heavy atom. The summed E-state index contributed by atoms with van der Waals surface area (Å²) in [4.78, 5) is 0. The fourth-order valence-corrected chi connectivity index (χ4v) is 11.8. The molecule has 11 aromatic carbocycles. The van der Waals surface area contributed by atoms with Gasteiger partial charge in [0.05, 0.1) is 27.5 Å². The van der Waals surface area contributed by atoms with Crippen LogP contribution < -0.4 is 0 Å². The zero-order valence-electron chi connectivity index (χ0n) is 37.8. The lowest BCUT2D eigenvalue weighted by Gasteiger charge is -2.34. The Kier molecular flexibility index (Phi) is 8.84. The van der Waals surface area contributed by atoms with Gasteiger partial charge in [0.25, 0.3) is 0 Å². The van der Waals surface area contributed by atoms with Gasteiger partial charge in [-0.05, 0) is 127 Å². The second kappa shape index (κ2) is 15.6. The summed E-state index contributed by atoms with van der Waals surface area (Å²) in [5.41, 5.74) is 21.3. The normalized spacial score (nSPS) is 12.8. The molecular formula is C67H44N2. The Bertz CT molecular complexity index is 4070. The van der Waals surface area contributed by atoms with Gasteiger partial charge in [-0.15, -0.1) is 0 Å². The van der Waals surface area contributed by atoms with E-state index in [0.29, 0.717) is 0 Å². The first-order valence-corrected chi connectivity index (χ1v) is 23.9. The van der Waals surface area contributed by atoms with Crippen molar-refractivity contribution in [1.82, 2.24) is 9.13 Å². The van der Waals surface area contributed by atoms with Gasteiger partial charge >= 0.3 is 0 Å². The zero-order chi connectivity index (χ0) is 45.5. The Balaban J connectivity index is 1.05. The molecule has 14 rings (SSSR count). The van der Waals surface area contributed by atoms with Crippen LogP contribution in [0.5, 0.6) is 0 Å². The standard InChI is InChI=1S/C67H44N2/c1-5-19-45(20-6-1)47-23-17-29-53(41-47)68-61-34-16-14-32-56(61)58-43-49(35-38-62(58)68)50-36-39-63-59(44-50)65-64(69(63)54-30-18-24-48(42-54)46-21-7-2-8-22-46)40-37-57-55-31-13-15-33-60(55)67(66(57)65,51-25-9-3-10-26-51)52-27-11-4-12-28-52/h1-44H. The van der Waals surface area contributed by atoms with Gasteiger partial charge < -0.3 is 9.13 Å². The van der Waals surface area contributed by atoms with Gasteiger partial charge in [0.1, 0.15) is 0 Å². The molecule has 0 atom stereocenters. The summed E-state index contributed by atoms with van der Waals surface area (Å²) < 4.78 is 4.93. The number of fused-ring (bicyclic) bond motifs is 10. The first-order chi connectivity index (χ1) is 34.2. The minimum absolute atomic E-state index is 0.576. The molecule has 2 heteroatoms. The molecule has 0 aliphatic heterocycles. The molecule has 322 valence electrons. The molecule has 0 N–H and O–H groups in total. The van der Waals surface area contributed by atoms with E-state index in [4.69, 9.17) is 0 Å². The molecule has 2 heterocycles. The third kappa shape index (κ3) is 5.92. The second-order valence-corrected chi connectivity index (χ2v) is 18.4. The number of aromatic nitrogens is 2. The van der Waals surface area contributed by atoms with Gasteiger partial charge in [0, 0.05) is 32.9 Å². The summed E-state index contributed by atoms with van der Waals surface area (Å²) in [5, 5.41) is 4.97. The molecule has 13 aromatic rings.